The van der Waals surface area contributed by atoms with Crippen LogP contribution in [0.4, 0.5) is 4.39 Å². The summed E-state index contributed by atoms with van der Waals surface area (Å²) in [5.41, 5.74) is 0.726. The number of carboxylic acids is 1. The van der Waals surface area contributed by atoms with E-state index in [1.807, 2.05) is 0 Å². The lowest BCUT2D eigenvalue weighted by molar-refractivity contribution is -0.139. The number of aliphatic carboxylic acids is 1. The van der Waals surface area contributed by atoms with Crippen LogP contribution >= 0.6 is 23.4 Å². The molecule has 6 heteroatoms. The summed E-state index contributed by atoms with van der Waals surface area (Å²) in [6.45, 7) is 0. The summed E-state index contributed by atoms with van der Waals surface area (Å²) in [6.07, 6.45) is 0.579. The van der Waals surface area contributed by atoms with Gasteiger partial charge in [-0.3, -0.25) is 10.1 Å². The van der Waals surface area contributed by atoms with Gasteiger partial charge in [0, 0.05) is 5.02 Å². The van der Waals surface area contributed by atoms with Crippen LogP contribution in [0.25, 0.3) is 0 Å². The second-order valence-electron chi connectivity index (χ2n) is 3.76. The zero-order chi connectivity index (χ0) is 12.4. The van der Waals surface area contributed by atoms with Crippen molar-refractivity contribution >= 4 is 29.3 Å². The molecule has 0 aromatic heterocycles. The molecule has 92 valence electrons. The van der Waals surface area contributed by atoms with Crippen LogP contribution in [0.1, 0.15) is 17.4 Å². The predicted octanol–water partition coefficient (Wildman–Crippen LogP) is 2.66. The van der Waals surface area contributed by atoms with Crippen molar-refractivity contribution in [3.8, 4) is 0 Å². The fourth-order valence-electron chi connectivity index (χ4n) is 1.71. The fraction of sp³-hybridized carbons (Fsp3) is 0.364. The van der Waals surface area contributed by atoms with Crippen LogP contribution in [0.2, 0.25) is 5.02 Å². The van der Waals surface area contributed by atoms with Gasteiger partial charge in [-0.05, 0) is 29.9 Å². The lowest BCUT2D eigenvalue weighted by Gasteiger charge is -2.28. The normalized spacial score (nSPS) is 24.6. The summed E-state index contributed by atoms with van der Waals surface area (Å²) in [4.78, 5) is 10.9. The van der Waals surface area contributed by atoms with E-state index in [0.717, 1.165) is 11.3 Å². The number of carbonyl (C=O) groups is 1. The van der Waals surface area contributed by atoms with Crippen molar-refractivity contribution in [2.75, 3.05) is 5.75 Å². The Morgan fingerprint density at radius 3 is 3.00 bits per heavy atom. The number of rotatable bonds is 2. The largest absolute Gasteiger partial charge is 0.480 e. The van der Waals surface area contributed by atoms with Crippen molar-refractivity contribution in [1.29, 1.82) is 0 Å². The molecule has 1 fully saturated rings. The average molecular weight is 276 g/mol. The van der Waals surface area contributed by atoms with E-state index in [0.29, 0.717) is 11.4 Å². The van der Waals surface area contributed by atoms with Gasteiger partial charge in [-0.25, -0.2) is 4.39 Å². The molecule has 2 N–H and O–H groups in total. The molecule has 0 radical (unpaired) electrons. The van der Waals surface area contributed by atoms with Gasteiger partial charge in [0.2, 0.25) is 0 Å². The molecule has 0 spiro atoms. The van der Waals surface area contributed by atoms with Crippen LogP contribution < -0.4 is 5.32 Å². The number of hydrogen-bond donors (Lipinski definition) is 2. The summed E-state index contributed by atoms with van der Waals surface area (Å²) in [6, 6.07) is 3.59. The first-order valence-electron chi connectivity index (χ1n) is 5.13. The standard InChI is InChI=1S/C11H11ClFNO2S/c12-8-5-6(13)1-2-7(8)10-14-9(11(15)16)3-4-17-10/h1-2,5,9-10,14H,3-4H2,(H,15,16). The molecule has 1 aromatic carbocycles. The van der Waals surface area contributed by atoms with Crippen LogP contribution in [0.5, 0.6) is 0 Å². The van der Waals surface area contributed by atoms with Crippen molar-refractivity contribution in [3.63, 3.8) is 0 Å². The molecule has 0 amide bonds. The Kier molecular flexibility index (Phi) is 3.91. The monoisotopic (exact) mass is 275 g/mol. The highest BCUT2D eigenvalue weighted by Gasteiger charge is 2.28. The van der Waals surface area contributed by atoms with Crippen molar-refractivity contribution in [2.24, 2.45) is 0 Å². The molecule has 3 nitrogen and oxygen atoms in total. The van der Waals surface area contributed by atoms with E-state index in [9.17, 15) is 9.18 Å². The molecule has 1 aromatic rings. The third-order valence-corrected chi connectivity index (χ3v) is 4.11. The minimum Gasteiger partial charge on any atom is -0.480 e. The van der Waals surface area contributed by atoms with Gasteiger partial charge < -0.3 is 5.11 Å². The number of nitrogens with one attached hydrogen (secondary N) is 1. The lowest BCUT2D eigenvalue weighted by Crippen LogP contribution is -2.41. The molecule has 2 atom stereocenters. The zero-order valence-corrected chi connectivity index (χ0v) is 10.4. The number of hydrogen-bond acceptors (Lipinski definition) is 3. The summed E-state index contributed by atoms with van der Waals surface area (Å²) in [5.74, 6) is -0.523. The van der Waals surface area contributed by atoms with Crippen molar-refractivity contribution in [1.82, 2.24) is 5.32 Å². The molecule has 2 unspecified atom stereocenters. The molecule has 0 aliphatic carbocycles. The van der Waals surface area contributed by atoms with E-state index < -0.39 is 17.8 Å². The van der Waals surface area contributed by atoms with Gasteiger partial charge >= 0.3 is 5.97 Å². The van der Waals surface area contributed by atoms with E-state index in [-0.39, 0.29) is 5.37 Å². The first kappa shape index (κ1) is 12.7. The molecule has 0 saturated carbocycles. The first-order valence-corrected chi connectivity index (χ1v) is 6.56. The maximum Gasteiger partial charge on any atom is 0.320 e. The van der Waals surface area contributed by atoms with Crippen molar-refractivity contribution < 1.29 is 14.3 Å². The SMILES string of the molecule is O=C(O)C1CCSC(c2ccc(F)cc2Cl)N1. The maximum absolute atomic E-state index is 12.9. The Morgan fingerprint density at radius 2 is 2.35 bits per heavy atom. The van der Waals surface area contributed by atoms with Gasteiger partial charge in [-0.2, -0.15) is 0 Å². The number of benzene rings is 1. The molecule has 1 heterocycles. The third-order valence-electron chi connectivity index (χ3n) is 2.59. The van der Waals surface area contributed by atoms with Crippen LogP contribution in [0, 0.1) is 5.82 Å². The Labute approximate surface area is 107 Å². The molecule has 1 aliphatic heterocycles. The lowest BCUT2D eigenvalue weighted by atomic mass is 10.1. The first-order chi connectivity index (χ1) is 8.08. The average Bonchev–Trinajstić information content (AvgIpc) is 2.29. The summed E-state index contributed by atoms with van der Waals surface area (Å²) in [5, 5.41) is 12.1. The predicted molar refractivity (Wildman–Crippen MR) is 65.8 cm³/mol. The van der Waals surface area contributed by atoms with Gasteiger partial charge in [0.1, 0.15) is 11.9 Å². The van der Waals surface area contributed by atoms with Crippen molar-refractivity contribution in [2.45, 2.75) is 17.8 Å². The van der Waals surface area contributed by atoms with Crippen LogP contribution in [0.15, 0.2) is 18.2 Å². The number of halogens is 2. The summed E-state index contributed by atoms with van der Waals surface area (Å²) >= 11 is 7.53. The molecule has 1 aliphatic rings. The van der Waals surface area contributed by atoms with E-state index >= 15 is 0 Å². The maximum atomic E-state index is 12.9. The topological polar surface area (TPSA) is 49.3 Å². The second-order valence-corrected chi connectivity index (χ2v) is 5.38. The zero-order valence-electron chi connectivity index (χ0n) is 8.82. The van der Waals surface area contributed by atoms with E-state index in [2.05, 4.69) is 5.32 Å². The Hall–Kier alpha value is -0.780. The summed E-state index contributed by atoms with van der Waals surface area (Å²) in [7, 11) is 0. The van der Waals surface area contributed by atoms with Gasteiger partial charge in [0.05, 0.1) is 5.37 Å². The van der Waals surface area contributed by atoms with E-state index in [1.165, 1.54) is 12.1 Å². The van der Waals surface area contributed by atoms with Crippen LogP contribution in [-0.2, 0) is 4.79 Å². The van der Waals surface area contributed by atoms with Gasteiger partial charge in [0.15, 0.2) is 0 Å². The van der Waals surface area contributed by atoms with Gasteiger partial charge in [0.25, 0.3) is 0 Å². The van der Waals surface area contributed by atoms with Gasteiger partial charge in [-0.1, -0.05) is 17.7 Å². The molecule has 2 rings (SSSR count). The second kappa shape index (κ2) is 5.25. The molecular weight excluding hydrogens is 265 g/mol. The van der Waals surface area contributed by atoms with Crippen LogP contribution in [0.3, 0.4) is 0 Å². The quantitative estimate of drug-likeness (QED) is 0.871. The number of carboxylic acid groups (broad SMARTS) is 1. The summed E-state index contributed by atoms with van der Waals surface area (Å²) < 4.78 is 12.9. The highest BCUT2D eigenvalue weighted by atomic mass is 35.5. The highest BCUT2D eigenvalue weighted by molar-refractivity contribution is 7.99. The van der Waals surface area contributed by atoms with Crippen LogP contribution in [-0.4, -0.2) is 22.9 Å². The Balaban J connectivity index is 2.19. The third kappa shape index (κ3) is 2.91. The minimum absolute atomic E-state index is 0.196. The Bertz CT molecular complexity index is 443. The molecule has 17 heavy (non-hydrogen) atoms. The Morgan fingerprint density at radius 1 is 1.59 bits per heavy atom. The molecule has 0 bridgehead atoms. The molecule has 1 saturated heterocycles. The fourth-order valence-corrected chi connectivity index (χ4v) is 3.30. The van der Waals surface area contributed by atoms with E-state index in [4.69, 9.17) is 16.7 Å². The minimum atomic E-state index is -0.867. The smallest absolute Gasteiger partial charge is 0.320 e. The van der Waals surface area contributed by atoms with E-state index in [1.54, 1.807) is 17.8 Å². The molecular formula is C11H11ClFNO2S. The van der Waals surface area contributed by atoms with Crippen molar-refractivity contribution in [3.05, 3.63) is 34.6 Å². The highest BCUT2D eigenvalue weighted by Crippen LogP contribution is 2.35. The number of thioether (sulfide) groups is 1. The van der Waals surface area contributed by atoms with Gasteiger partial charge in [-0.15, -0.1) is 11.8 Å².